The molecule has 1 saturated carbocycles. The van der Waals surface area contributed by atoms with Crippen LogP contribution >= 0.6 is 15.9 Å². The second-order valence-corrected chi connectivity index (χ2v) is 6.06. The van der Waals surface area contributed by atoms with Gasteiger partial charge in [0, 0.05) is 11.9 Å². The van der Waals surface area contributed by atoms with E-state index in [4.69, 9.17) is 0 Å². The van der Waals surface area contributed by atoms with Gasteiger partial charge in [0.1, 0.15) is 5.82 Å². The van der Waals surface area contributed by atoms with Crippen molar-refractivity contribution < 1.29 is 4.39 Å². The maximum atomic E-state index is 13.4. The van der Waals surface area contributed by atoms with Crippen molar-refractivity contribution >= 4 is 21.6 Å². The predicted molar refractivity (Wildman–Crippen MR) is 81.2 cm³/mol. The lowest BCUT2D eigenvalue weighted by Gasteiger charge is -2.09. The normalized spacial score (nSPS) is 15.7. The van der Waals surface area contributed by atoms with Crippen LogP contribution in [0.25, 0.3) is 0 Å². The van der Waals surface area contributed by atoms with Crippen LogP contribution in [0.1, 0.15) is 37.4 Å². The van der Waals surface area contributed by atoms with Crippen LogP contribution in [0.2, 0.25) is 0 Å². The third-order valence-electron chi connectivity index (χ3n) is 3.76. The van der Waals surface area contributed by atoms with E-state index in [2.05, 4.69) is 37.2 Å². The van der Waals surface area contributed by atoms with E-state index in [1.807, 2.05) is 12.1 Å². The number of halogens is 2. The van der Waals surface area contributed by atoms with Gasteiger partial charge in [0.15, 0.2) is 0 Å². The highest BCUT2D eigenvalue weighted by Gasteiger charge is 2.17. The van der Waals surface area contributed by atoms with E-state index in [-0.39, 0.29) is 5.82 Å². The van der Waals surface area contributed by atoms with Gasteiger partial charge in [-0.15, -0.1) is 0 Å². The summed E-state index contributed by atoms with van der Waals surface area (Å²) in [4.78, 5) is 0. The highest BCUT2D eigenvalue weighted by molar-refractivity contribution is 9.10. The number of aromatic nitrogens is 2. The van der Waals surface area contributed by atoms with Crippen LogP contribution in [-0.2, 0) is 6.54 Å². The van der Waals surface area contributed by atoms with Crippen molar-refractivity contribution in [3.63, 3.8) is 0 Å². The predicted octanol–water partition coefficient (Wildman–Crippen LogP) is 4.51. The van der Waals surface area contributed by atoms with E-state index in [1.165, 1.54) is 31.7 Å². The molecule has 1 heterocycles. The zero-order valence-electron chi connectivity index (χ0n) is 11.1. The van der Waals surface area contributed by atoms with Gasteiger partial charge in [0.2, 0.25) is 0 Å². The van der Waals surface area contributed by atoms with Gasteiger partial charge >= 0.3 is 0 Å². The molecule has 0 amide bonds. The van der Waals surface area contributed by atoms with E-state index in [1.54, 1.807) is 6.07 Å². The molecule has 3 rings (SSSR count). The SMILES string of the molecule is Fc1cc(NCc2ccn(C3CCCC3)n2)ccc1Br. The summed E-state index contributed by atoms with van der Waals surface area (Å²) >= 11 is 3.15. The molecular formula is C15H17BrFN3. The zero-order chi connectivity index (χ0) is 13.9. The van der Waals surface area contributed by atoms with Crippen molar-refractivity contribution in [3.05, 3.63) is 46.4 Å². The fraction of sp³-hybridized carbons (Fsp3) is 0.400. The molecule has 0 radical (unpaired) electrons. The Morgan fingerprint density at radius 2 is 2.10 bits per heavy atom. The quantitative estimate of drug-likeness (QED) is 0.889. The molecule has 0 aliphatic heterocycles. The largest absolute Gasteiger partial charge is 0.379 e. The highest BCUT2D eigenvalue weighted by atomic mass is 79.9. The molecular weight excluding hydrogens is 321 g/mol. The average molecular weight is 338 g/mol. The fourth-order valence-corrected chi connectivity index (χ4v) is 2.89. The molecule has 1 N–H and O–H groups in total. The van der Waals surface area contributed by atoms with Crippen molar-refractivity contribution in [3.8, 4) is 0 Å². The Labute approximate surface area is 126 Å². The topological polar surface area (TPSA) is 29.9 Å². The Kier molecular flexibility index (Phi) is 4.05. The Morgan fingerprint density at radius 3 is 2.85 bits per heavy atom. The van der Waals surface area contributed by atoms with Gasteiger partial charge < -0.3 is 5.32 Å². The van der Waals surface area contributed by atoms with Crippen molar-refractivity contribution in [1.82, 2.24) is 9.78 Å². The van der Waals surface area contributed by atoms with E-state index in [9.17, 15) is 4.39 Å². The van der Waals surface area contributed by atoms with Gasteiger partial charge in [-0.1, -0.05) is 12.8 Å². The fourth-order valence-electron chi connectivity index (χ4n) is 2.64. The third kappa shape index (κ3) is 3.03. The number of nitrogens with zero attached hydrogens (tertiary/aromatic N) is 2. The maximum absolute atomic E-state index is 13.4. The minimum Gasteiger partial charge on any atom is -0.379 e. The highest BCUT2D eigenvalue weighted by Crippen LogP contribution is 2.28. The molecule has 1 aromatic heterocycles. The zero-order valence-corrected chi connectivity index (χ0v) is 12.7. The van der Waals surface area contributed by atoms with Crippen LogP contribution < -0.4 is 5.32 Å². The van der Waals surface area contributed by atoms with Gasteiger partial charge in [-0.25, -0.2) is 4.39 Å². The lowest BCUT2D eigenvalue weighted by Crippen LogP contribution is -2.07. The minimum absolute atomic E-state index is 0.258. The van der Waals surface area contributed by atoms with Crippen LogP contribution in [-0.4, -0.2) is 9.78 Å². The summed E-state index contributed by atoms with van der Waals surface area (Å²) in [5.74, 6) is -0.258. The summed E-state index contributed by atoms with van der Waals surface area (Å²) in [5, 5.41) is 7.79. The summed E-state index contributed by atoms with van der Waals surface area (Å²) in [6.07, 6.45) is 7.11. The van der Waals surface area contributed by atoms with Crippen molar-refractivity contribution in [2.45, 2.75) is 38.3 Å². The molecule has 1 aliphatic rings. The van der Waals surface area contributed by atoms with Gasteiger partial charge in [-0.3, -0.25) is 4.68 Å². The second-order valence-electron chi connectivity index (χ2n) is 5.21. The van der Waals surface area contributed by atoms with Crippen LogP contribution in [0, 0.1) is 5.82 Å². The van der Waals surface area contributed by atoms with Crippen LogP contribution in [0.15, 0.2) is 34.9 Å². The summed E-state index contributed by atoms with van der Waals surface area (Å²) in [6.45, 7) is 0.612. The number of rotatable bonds is 4. The average Bonchev–Trinajstić information content (AvgIpc) is 3.09. The minimum atomic E-state index is -0.258. The van der Waals surface area contributed by atoms with Crippen molar-refractivity contribution in [1.29, 1.82) is 0 Å². The van der Waals surface area contributed by atoms with Gasteiger partial charge in [-0.05, 0) is 53.0 Å². The molecule has 1 aliphatic carbocycles. The first-order chi connectivity index (χ1) is 9.72. The molecule has 2 aromatic rings. The second kappa shape index (κ2) is 5.95. The maximum Gasteiger partial charge on any atom is 0.139 e. The monoisotopic (exact) mass is 337 g/mol. The first-order valence-electron chi connectivity index (χ1n) is 6.95. The summed E-state index contributed by atoms with van der Waals surface area (Å²) in [6, 6.07) is 7.63. The van der Waals surface area contributed by atoms with Crippen molar-refractivity contribution in [2.24, 2.45) is 0 Å². The summed E-state index contributed by atoms with van der Waals surface area (Å²) in [5.41, 5.74) is 1.75. The number of hydrogen-bond acceptors (Lipinski definition) is 2. The molecule has 1 aromatic carbocycles. The van der Waals surface area contributed by atoms with Crippen LogP contribution in [0.4, 0.5) is 10.1 Å². The first kappa shape index (κ1) is 13.6. The molecule has 0 spiro atoms. The number of benzene rings is 1. The Bertz CT molecular complexity index is 591. The van der Waals surface area contributed by atoms with Crippen LogP contribution in [0.3, 0.4) is 0 Å². The Balaban J connectivity index is 1.61. The molecule has 0 saturated heterocycles. The Hall–Kier alpha value is -1.36. The molecule has 20 heavy (non-hydrogen) atoms. The molecule has 106 valence electrons. The van der Waals surface area contributed by atoms with E-state index in [0.717, 1.165) is 11.4 Å². The lowest BCUT2D eigenvalue weighted by molar-refractivity contribution is 0.463. The van der Waals surface area contributed by atoms with Crippen molar-refractivity contribution in [2.75, 3.05) is 5.32 Å². The molecule has 0 unspecified atom stereocenters. The molecule has 1 fully saturated rings. The number of hydrogen-bond donors (Lipinski definition) is 1. The van der Waals surface area contributed by atoms with Crippen LogP contribution in [0.5, 0.6) is 0 Å². The summed E-state index contributed by atoms with van der Waals surface area (Å²) < 4.78 is 16.0. The van der Waals surface area contributed by atoms with Gasteiger partial charge in [0.05, 0.1) is 22.8 Å². The standard InChI is InChI=1S/C15H17BrFN3/c16-14-6-5-11(9-15(14)17)18-10-12-7-8-20(19-12)13-3-1-2-4-13/h5-9,13,18H,1-4,10H2. The molecule has 0 bridgehead atoms. The van der Waals surface area contributed by atoms with E-state index >= 15 is 0 Å². The molecule has 0 atom stereocenters. The Morgan fingerprint density at radius 1 is 1.30 bits per heavy atom. The third-order valence-corrected chi connectivity index (χ3v) is 4.40. The van der Waals surface area contributed by atoms with E-state index in [0.29, 0.717) is 17.1 Å². The lowest BCUT2D eigenvalue weighted by atomic mass is 10.3. The summed E-state index contributed by atoms with van der Waals surface area (Å²) in [7, 11) is 0. The first-order valence-corrected chi connectivity index (χ1v) is 7.74. The number of nitrogens with one attached hydrogen (secondary N) is 1. The smallest absolute Gasteiger partial charge is 0.139 e. The van der Waals surface area contributed by atoms with Gasteiger partial charge in [-0.2, -0.15) is 5.10 Å². The molecule has 3 nitrogen and oxygen atoms in total. The number of anilines is 1. The van der Waals surface area contributed by atoms with E-state index < -0.39 is 0 Å². The van der Waals surface area contributed by atoms with Gasteiger partial charge in [0.25, 0.3) is 0 Å². The molecule has 5 heteroatoms.